The summed E-state index contributed by atoms with van der Waals surface area (Å²) in [5, 5.41) is 1.13. The van der Waals surface area contributed by atoms with E-state index in [1.165, 1.54) is 22.3 Å². The lowest BCUT2D eigenvalue weighted by molar-refractivity contribution is 0.0335. The second-order valence-corrected chi connectivity index (χ2v) is 8.51. The van der Waals surface area contributed by atoms with Crippen molar-refractivity contribution in [2.45, 2.75) is 12.6 Å². The molecule has 2 aliphatic rings. The zero-order valence-corrected chi connectivity index (χ0v) is 17.3. The molecule has 5 aromatic rings. The summed E-state index contributed by atoms with van der Waals surface area (Å²) in [4.78, 5) is 12.6. The Labute approximate surface area is 185 Å². The summed E-state index contributed by atoms with van der Waals surface area (Å²) in [7, 11) is 0. The summed E-state index contributed by atoms with van der Waals surface area (Å²) in [5.74, 6) is -0.266. The number of aromatic nitrogens is 1. The molecule has 152 valence electrons. The largest absolute Gasteiger partial charge is 0.433 e. The fourth-order valence-electron chi connectivity index (χ4n) is 5.25. The Morgan fingerprint density at radius 3 is 2.41 bits per heavy atom. The summed E-state index contributed by atoms with van der Waals surface area (Å²) in [6.45, 7) is 0. The number of carbonyl (C=O) groups is 1. The lowest BCUT2D eigenvalue weighted by Crippen LogP contribution is -2.11. The zero-order chi connectivity index (χ0) is 21.2. The van der Waals surface area contributed by atoms with E-state index in [-0.39, 0.29) is 5.97 Å². The van der Waals surface area contributed by atoms with Crippen molar-refractivity contribution >= 4 is 16.9 Å². The van der Waals surface area contributed by atoms with Gasteiger partial charge in [-0.15, -0.1) is 0 Å². The Morgan fingerprint density at radius 2 is 1.47 bits per heavy atom. The van der Waals surface area contributed by atoms with Crippen LogP contribution in [-0.2, 0) is 11.2 Å². The molecule has 1 unspecified atom stereocenters. The van der Waals surface area contributed by atoms with Crippen LogP contribution in [0.1, 0.15) is 33.3 Å². The molecule has 1 aliphatic carbocycles. The van der Waals surface area contributed by atoms with Crippen LogP contribution in [0.15, 0.2) is 97.1 Å². The molecule has 0 radical (unpaired) electrons. The van der Waals surface area contributed by atoms with Crippen molar-refractivity contribution in [3.63, 3.8) is 0 Å². The molecule has 0 amide bonds. The van der Waals surface area contributed by atoms with E-state index in [9.17, 15) is 4.79 Å². The van der Waals surface area contributed by atoms with Crippen LogP contribution in [0.2, 0.25) is 0 Å². The van der Waals surface area contributed by atoms with Crippen LogP contribution in [-0.4, -0.2) is 10.5 Å². The van der Waals surface area contributed by atoms with Crippen molar-refractivity contribution in [1.29, 1.82) is 0 Å². The van der Waals surface area contributed by atoms with Crippen LogP contribution in [0.4, 0.5) is 0 Å². The number of para-hydroxylation sites is 1. The van der Waals surface area contributed by atoms with E-state index in [2.05, 4.69) is 65.2 Å². The third-order valence-electron chi connectivity index (χ3n) is 6.74. The van der Waals surface area contributed by atoms with Gasteiger partial charge in [-0.1, -0.05) is 72.8 Å². The number of esters is 1. The van der Waals surface area contributed by atoms with Gasteiger partial charge in [0.25, 0.3) is 0 Å². The van der Waals surface area contributed by atoms with Gasteiger partial charge in [-0.3, -0.25) is 0 Å². The standard InChI is InChI=1S/C29H19NO2/c31-29-24-11-5-4-10-23(24)28(32-29)30-26-12-6-2-8-20(26)17-27(30)21-14-13-19-15-18-7-1-3-9-22(18)25(19)16-21/h1-14,16-17,28H,15H2. The number of carbonyl (C=O) groups excluding carboxylic acids is 1. The normalized spacial score (nSPS) is 16.0. The number of rotatable bonds is 2. The number of hydrogen-bond donors (Lipinski definition) is 0. The molecular formula is C29H19NO2. The van der Waals surface area contributed by atoms with Gasteiger partial charge in [-0.2, -0.15) is 0 Å². The summed E-state index contributed by atoms with van der Waals surface area (Å²) in [5.41, 5.74) is 10.1. The molecule has 7 rings (SSSR count). The maximum atomic E-state index is 12.6. The summed E-state index contributed by atoms with van der Waals surface area (Å²) < 4.78 is 8.09. The Hall–Kier alpha value is -4.11. The first-order valence-corrected chi connectivity index (χ1v) is 10.9. The molecule has 3 nitrogen and oxygen atoms in total. The van der Waals surface area contributed by atoms with Crippen molar-refractivity contribution in [3.05, 3.63) is 119 Å². The average Bonchev–Trinajstić information content (AvgIpc) is 3.50. The molecular weight excluding hydrogens is 394 g/mol. The fourth-order valence-corrected chi connectivity index (χ4v) is 5.25. The highest BCUT2D eigenvalue weighted by molar-refractivity contribution is 5.95. The number of ether oxygens (including phenoxy) is 1. The summed E-state index contributed by atoms with van der Waals surface area (Å²) >= 11 is 0. The Kier molecular flexibility index (Phi) is 3.54. The van der Waals surface area contributed by atoms with Gasteiger partial charge in [-0.25, -0.2) is 4.79 Å². The predicted octanol–water partition coefficient (Wildman–Crippen LogP) is 6.60. The zero-order valence-electron chi connectivity index (χ0n) is 17.3. The molecule has 0 N–H and O–H groups in total. The molecule has 0 saturated heterocycles. The van der Waals surface area contributed by atoms with Gasteiger partial charge in [0.05, 0.1) is 16.8 Å². The van der Waals surface area contributed by atoms with Crippen LogP contribution in [0, 0.1) is 0 Å². The van der Waals surface area contributed by atoms with Gasteiger partial charge in [0.1, 0.15) is 0 Å². The molecule has 4 aromatic carbocycles. The van der Waals surface area contributed by atoms with Crippen molar-refractivity contribution in [2.75, 3.05) is 0 Å². The van der Waals surface area contributed by atoms with Gasteiger partial charge in [0.15, 0.2) is 0 Å². The minimum atomic E-state index is -0.478. The van der Waals surface area contributed by atoms with E-state index in [4.69, 9.17) is 4.74 Å². The van der Waals surface area contributed by atoms with Crippen LogP contribution >= 0.6 is 0 Å². The average molecular weight is 413 g/mol. The molecule has 3 heteroatoms. The van der Waals surface area contributed by atoms with Gasteiger partial charge >= 0.3 is 5.97 Å². The lowest BCUT2D eigenvalue weighted by Gasteiger charge is -2.19. The van der Waals surface area contributed by atoms with Gasteiger partial charge < -0.3 is 9.30 Å². The first kappa shape index (κ1) is 17.6. The van der Waals surface area contributed by atoms with Gasteiger partial charge in [0.2, 0.25) is 6.23 Å². The van der Waals surface area contributed by atoms with E-state index >= 15 is 0 Å². The minimum Gasteiger partial charge on any atom is -0.433 e. The first-order valence-electron chi connectivity index (χ1n) is 10.9. The molecule has 0 saturated carbocycles. The van der Waals surface area contributed by atoms with E-state index < -0.39 is 6.23 Å². The van der Waals surface area contributed by atoms with E-state index in [1.54, 1.807) is 0 Å². The number of nitrogens with zero attached hydrogens (tertiary/aromatic N) is 1. The van der Waals surface area contributed by atoms with E-state index in [0.29, 0.717) is 5.56 Å². The summed E-state index contributed by atoms with van der Waals surface area (Å²) in [6, 6.07) is 33.5. The first-order chi connectivity index (χ1) is 15.8. The van der Waals surface area contributed by atoms with Crippen molar-refractivity contribution < 1.29 is 9.53 Å². The lowest BCUT2D eigenvalue weighted by atomic mass is 10.0. The Balaban J connectivity index is 1.47. The second-order valence-electron chi connectivity index (χ2n) is 8.51. The Morgan fingerprint density at radius 1 is 0.719 bits per heavy atom. The highest BCUT2D eigenvalue weighted by Gasteiger charge is 2.34. The molecule has 0 spiro atoms. The third kappa shape index (κ3) is 2.39. The quantitative estimate of drug-likeness (QED) is 0.300. The smallest absolute Gasteiger partial charge is 0.340 e. The molecule has 2 heterocycles. The number of benzene rings is 4. The molecule has 0 fully saturated rings. The topological polar surface area (TPSA) is 31.2 Å². The molecule has 1 aliphatic heterocycles. The molecule has 1 atom stereocenters. The molecule has 0 bridgehead atoms. The van der Waals surface area contributed by atoms with Crippen LogP contribution < -0.4 is 0 Å². The van der Waals surface area contributed by atoms with E-state index in [1.807, 2.05) is 36.4 Å². The Bertz CT molecular complexity index is 1560. The van der Waals surface area contributed by atoms with Crippen LogP contribution in [0.5, 0.6) is 0 Å². The van der Waals surface area contributed by atoms with Crippen LogP contribution in [0.25, 0.3) is 33.3 Å². The second kappa shape index (κ2) is 6.44. The summed E-state index contributed by atoms with van der Waals surface area (Å²) in [6.07, 6.45) is 0.497. The van der Waals surface area contributed by atoms with Crippen molar-refractivity contribution in [1.82, 2.24) is 4.57 Å². The van der Waals surface area contributed by atoms with E-state index in [0.717, 1.165) is 34.1 Å². The highest BCUT2D eigenvalue weighted by Crippen LogP contribution is 2.42. The predicted molar refractivity (Wildman–Crippen MR) is 126 cm³/mol. The minimum absolute atomic E-state index is 0.266. The monoisotopic (exact) mass is 413 g/mol. The van der Waals surface area contributed by atoms with Crippen LogP contribution in [0.3, 0.4) is 0 Å². The SMILES string of the molecule is O=C1OC(n2c(-c3ccc4c(c3)-c3ccccc3C4)cc3ccccc32)c2ccccc21. The number of fused-ring (bicyclic) bond motifs is 5. The maximum Gasteiger partial charge on any atom is 0.340 e. The molecule has 1 aromatic heterocycles. The van der Waals surface area contributed by atoms with Gasteiger partial charge in [-0.05, 0) is 58.5 Å². The number of hydrogen-bond acceptors (Lipinski definition) is 2. The third-order valence-corrected chi connectivity index (χ3v) is 6.74. The van der Waals surface area contributed by atoms with Crippen molar-refractivity contribution in [3.8, 4) is 22.4 Å². The van der Waals surface area contributed by atoms with Crippen molar-refractivity contribution in [2.24, 2.45) is 0 Å². The maximum absolute atomic E-state index is 12.6. The number of cyclic esters (lactones) is 1. The molecule has 32 heavy (non-hydrogen) atoms. The fraction of sp³-hybridized carbons (Fsp3) is 0.0690. The van der Waals surface area contributed by atoms with Gasteiger partial charge in [0, 0.05) is 10.9 Å². The highest BCUT2D eigenvalue weighted by atomic mass is 16.6.